The average Bonchev–Trinajstić information content (AvgIpc) is 3.36. The molecule has 0 saturated carbocycles. The molecular weight excluding hydrogens is 539 g/mol. The summed E-state index contributed by atoms with van der Waals surface area (Å²) in [6.45, 7) is 12.9. The first-order valence-corrected chi connectivity index (χ1v) is 15.9. The molecule has 5 rings (SSSR count). The van der Waals surface area contributed by atoms with E-state index in [4.69, 9.17) is 4.74 Å². The number of benzene rings is 2. The van der Waals surface area contributed by atoms with Gasteiger partial charge in [-0.3, -0.25) is 4.90 Å². The number of sulfonamides is 1. The van der Waals surface area contributed by atoms with E-state index >= 15 is 0 Å². The highest BCUT2D eigenvalue weighted by atomic mass is 32.2. The Balaban J connectivity index is 1.48. The predicted molar refractivity (Wildman–Crippen MR) is 160 cm³/mol. The Labute approximate surface area is 243 Å². The summed E-state index contributed by atoms with van der Waals surface area (Å²) in [5.74, 6) is -0.292. The summed E-state index contributed by atoms with van der Waals surface area (Å²) in [4.78, 5) is 2.70. The average molecular weight is 581 g/mol. The standard InChI is InChI=1S/C32H41FN4O3S/c1-5-16-36(41(38,39)29-12-6-26(7-13-29)31(2,3)4)24-32(23-35-17-19-40-20-18-35)15-14-30-25(21-32)22-34-37(30)28-10-8-27(33)9-11-28/h6-15,22H,5,16-21,23-24H2,1-4H3/t32-/m1/s1. The summed E-state index contributed by atoms with van der Waals surface area (Å²) in [6, 6.07) is 13.6. The SMILES string of the molecule is CCCN(C[C@]1(CN2CCOCC2)C=Cc2c(cnn2-c2ccc(F)cc2)C1)S(=O)(=O)c1ccc(C(C)(C)C)cc1. The monoisotopic (exact) mass is 580 g/mol. The van der Waals surface area contributed by atoms with Crippen LogP contribution in [-0.2, 0) is 26.6 Å². The highest BCUT2D eigenvalue weighted by Gasteiger charge is 2.39. The highest BCUT2D eigenvalue weighted by Crippen LogP contribution is 2.37. The van der Waals surface area contributed by atoms with Crippen LogP contribution < -0.4 is 0 Å². The molecule has 0 N–H and O–H groups in total. The van der Waals surface area contributed by atoms with Gasteiger partial charge in [0.05, 0.1) is 35.7 Å². The Morgan fingerprint density at radius 3 is 2.37 bits per heavy atom. The van der Waals surface area contributed by atoms with Crippen molar-refractivity contribution < 1.29 is 17.5 Å². The second-order valence-electron chi connectivity index (χ2n) is 12.3. The molecule has 0 spiro atoms. The lowest BCUT2D eigenvalue weighted by Gasteiger charge is -2.42. The van der Waals surface area contributed by atoms with E-state index in [1.165, 1.54) is 12.1 Å². The topological polar surface area (TPSA) is 67.7 Å². The fraction of sp³-hybridized carbons (Fsp3) is 0.469. The molecule has 0 radical (unpaired) electrons. The van der Waals surface area contributed by atoms with Crippen LogP contribution in [-0.4, -0.2) is 73.3 Å². The van der Waals surface area contributed by atoms with Crippen LogP contribution >= 0.6 is 0 Å². The van der Waals surface area contributed by atoms with Crippen molar-refractivity contribution in [3.8, 4) is 5.69 Å². The summed E-state index contributed by atoms with van der Waals surface area (Å²) in [5, 5.41) is 4.63. The zero-order valence-corrected chi connectivity index (χ0v) is 25.3. The number of morpholine rings is 1. The van der Waals surface area contributed by atoms with Gasteiger partial charge in [0.2, 0.25) is 10.0 Å². The van der Waals surface area contributed by atoms with Crippen molar-refractivity contribution in [2.45, 2.75) is 50.8 Å². The van der Waals surface area contributed by atoms with Crippen LogP contribution in [0, 0.1) is 11.2 Å². The molecule has 1 atom stereocenters. The number of halogens is 1. The van der Waals surface area contributed by atoms with Crippen molar-refractivity contribution in [3.63, 3.8) is 0 Å². The van der Waals surface area contributed by atoms with E-state index in [1.54, 1.807) is 28.6 Å². The number of aromatic nitrogens is 2. The molecule has 3 aromatic rings. The summed E-state index contributed by atoms with van der Waals surface area (Å²) < 4.78 is 50.8. The molecule has 0 bridgehead atoms. The first-order valence-electron chi connectivity index (χ1n) is 14.4. The minimum Gasteiger partial charge on any atom is -0.379 e. The van der Waals surface area contributed by atoms with Crippen molar-refractivity contribution in [3.05, 3.63) is 83.4 Å². The molecule has 1 aliphatic carbocycles. The Bertz CT molecular complexity index is 1470. The number of hydrogen-bond acceptors (Lipinski definition) is 5. The van der Waals surface area contributed by atoms with E-state index in [0.717, 1.165) is 35.6 Å². The van der Waals surface area contributed by atoms with Gasteiger partial charge < -0.3 is 4.74 Å². The van der Waals surface area contributed by atoms with Gasteiger partial charge in [-0.2, -0.15) is 9.40 Å². The second kappa shape index (κ2) is 11.8. The highest BCUT2D eigenvalue weighted by molar-refractivity contribution is 7.89. The van der Waals surface area contributed by atoms with Gasteiger partial charge in [-0.1, -0.05) is 45.9 Å². The lowest BCUT2D eigenvalue weighted by molar-refractivity contribution is 0.0203. The van der Waals surface area contributed by atoms with Crippen LogP contribution in [0.15, 0.2) is 65.7 Å². The summed E-state index contributed by atoms with van der Waals surface area (Å²) in [5.41, 5.74) is 3.37. The minimum absolute atomic E-state index is 0.0590. The van der Waals surface area contributed by atoms with Gasteiger partial charge in [0.15, 0.2) is 0 Å². The number of nitrogens with zero attached hydrogens (tertiary/aromatic N) is 4. The molecule has 41 heavy (non-hydrogen) atoms. The smallest absolute Gasteiger partial charge is 0.243 e. The maximum absolute atomic E-state index is 14.1. The van der Waals surface area contributed by atoms with Crippen molar-refractivity contribution >= 4 is 16.1 Å². The van der Waals surface area contributed by atoms with Gasteiger partial charge in [0, 0.05) is 38.1 Å². The van der Waals surface area contributed by atoms with E-state index in [9.17, 15) is 12.8 Å². The van der Waals surface area contributed by atoms with Crippen LogP contribution in [0.3, 0.4) is 0 Å². The van der Waals surface area contributed by atoms with Crippen LogP contribution in [0.1, 0.15) is 50.9 Å². The van der Waals surface area contributed by atoms with Gasteiger partial charge in [0.1, 0.15) is 5.82 Å². The van der Waals surface area contributed by atoms with Crippen LogP contribution in [0.25, 0.3) is 11.8 Å². The first-order chi connectivity index (χ1) is 19.5. The van der Waals surface area contributed by atoms with Crippen molar-refractivity contribution in [2.75, 3.05) is 45.9 Å². The largest absolute Gasteiger partial charge is 0.379 e. The number of rotatable bonds is 9. The third kappa shape index (κ3) is 6.48. The molecule has 2 heterocycles. The third-order valence-electron chi connectivity index (χ3n) is 8.06. The van der Waals surface area contributed by atoms with E-state index in [-0.39, 0.29) is 11.2 Å². The van der Waals surface area contributed by atoms with Gasteiger partial charge in [-0.15, -0.1) is 0 Å². The lowest BCUT2D eigenvalue weighted by Crippen LogP contribution is -2.50. The molecule has 220 valence electrons. The first kappa shape index (κ1) is 29.6. The summed E-state index contributed by atoms with van der Waals surface area (Å²) >= 11 is 0. The quantitative estimate of drug-likeness (QED) is 0.344. The predicted octanol–water partition coefficient (Wildman–Crippen LogP) is 5.30. The number of fused-ring (bicyclic) bond motifs is 1. The molecular formula is C32H41FN4O3S. The zero-order valence-electron chi connectivity index (χ0n) is 24.5. The minimum atomic E-state index is -3.72. The summed E-state index contributed by atoms with van der Waals surface area (Å²) in [7, 11) is -3.72. The lowest BCUT2D eigenvalue weighted by atomic mass is 9.77. The second-order valence-corrected chi connectivity index (χ2v) is 14.3. The maximum atomic E-state index is 14.1. The number of ether oxygens (including phenoxy) is 1. The molecule has 1 aromatic heterocycles. The Morgan fingerprint density at radius 2 is 1.73 bits per heavy atom. The molecule has 1 saturated heterocycles. The zero-order chi connectivity index (χ0) is 29.3. The molecule has 2 aromatic carbocycles. The molecule has 7 nitrogen and oxygen atoms in total. The fourth-order valence-electron chi connectivity index (χ4n) is 5.82. The van der Waals surface area contributed by atoms with E-state index in [1.807, 2.05) is 29.9 Å². The van der Waals surface area contributed by atoms with Crippen molar-refractivity contribution in [1.82, 2.24) is 19.0 Å². The van der Waals surface area contributed by atoms with Gasteiger partial charge in [-0.25, -0.2) is 17.5 Å². The maximum Gasteiger partial charge on any atom is 0.243 e. The Hall–Kier alpha value is -2.85. The fourth-order valence-corrected chi connectivity index (χ4v) is 7.45. The van der Waals surface area contributed by atoms with Gasteiger partial charge in [-0.05, 0) is 71.9 Å². The summed E-state index contributed by atoms with van der Waals surface area (Å²) in [6.07, 6.45) is 7.46. The van der Waals surface area contributed by atoms with Gasteiger partial charge in [0.25, 0.3) is 0 Å². The molecule has 2 aliphatic rings. The van der Waals surface area contributed by atoms with Crippen molar-refractivity contribution in [1.29, 1.82) is 0 Å². The molecule has 1 fully saturated rings. The van der Waals surface area contributed by atoms with Crippen molar-refractivity contribution in [2.24, 2.45) is 5.41 Å². The third-order valence-corrected chi connectivity index (χ3v) is 9.92. The van der Waals surface area contributed by atoms with Crippen LogP contribution in [0.5, 0.6) is 0 Å². The van der Waals surface area contributed by atoms with E-state index < -0.39 is 15.4 Å². The number of hydrogen-bond donors (Lipinski definition) is 0. The van der Waals surface area contributed by atoms with Crippen LogP contribution in [0.2, 0.25) is 0 Å². The Kier molecular flexibility index (Phi) is 8.53. The van der Waals surface area contributed by atoms with Gasteiger partial charge >= 0.3 is 0 Å². The molecule has 0 unspecified atom stereocenters. The molecule has 1 aliphatic heterocycles. The Morgan fingerprint density at radius 1 is 1.05 bits per heavy atom. The molecule has 0 amide bonds. The van der Waals surface area contributed by atoms with E-state index in [0.29, 0.717) is 50.6 Å². The van der Waals surface area contributed by atoms with E-state index in [2.05, 4.69) is 42.9 Å². The van der Waals surface area contributed by atoms with Crippen LogP contribution in [0.4, 0.5) is 4.39 Å². The normalized spacial score (nSPS) is 20.0. The molecule has 9 heteroatoms.